The van der Waals surface area contributed by atoms with Crippen molar-refractivity contribution in [2.45, 2.75) is 58.1 Å². The van der Waals surface area contributed by atoms with E-state index in [0.717, 1.165) is 32.0 Å². The van der Waals surface area contributed by atoms with E-state index in [1.54, 1.807) is 0 Å². The minimum atomic E-state index is -0.512. The predicted molar refractivity (Wildman–Crippen MR) is 70.3 cm³/mol. The number of hydrogen-bond acceptors (Lipinski definition) is 3. The van der Waals surface area contributed by atoms with Crippen molar-refractivity contribution in [3.05, 3.63) is 12.2 Å². The third-order valence-corrected chi connectivity index (χ3v) is 2.87. The third kappa shape index (κ3) is 5.34. The first-order chi connectivity index (χ1) is 8.42. The van der Waals surface area contributed by atoms with Crippen molar-refractivity contribution < 1.29 is 14.3 Å². The summed E-state index contributed by atoms with van der Waals surface area (Å²) in [4.78, 5) is 22.8. The fourth-order valence-electron chi connectivity index (χ4n) is 2.02. The maximum absolute atomic E-state index is 11.7. The standard InChI is InChI=1S/C14H23NO3/c1-14(2,3)18-13(17)15-12-9-7-5-4-6-8-11(12)10-16/h4-5,10-12H,6-9H2,1-3H3,(H,15,17)/b5-4-/t11-,12-/m0/s1. The van der Waals surface area contributed by atoms with Crippen molar-refractivity contribution in [1.29, 1.82) is 0 Å². The van der Waals surface area contributed by atoms with Gasteiger partial charge in [0.15, 0.2) is 0 Å². The van der Waals surface area contributed by atoms with Crippen LogP contribution in [0.4, 0.5) is 4.79 Å². The van der Waals surface area contributed by atoms with Crippen LogP contribution in [0.2, 0.25) is 0 Å². The molecule has 1 amide bonds. The second kappa shape index (κ2) is 6.57. The molecule has 0 radical (unpaired) electrons. The molecule has 4 nitrogen and oxygen atoms in total. The topological polar surface area (TPSA) is 55.4 Å². The van der Waals surface area contributed by atoms with Crippen molar-refractivity contribution in [1.82, 2.24) is 5.32 Å². The first-order valence-corrected chi connectivity index (χ1v) is 6.52. The Labute approximate surface area is 109 Å². The zero-order chi connectivity index (χ0) is 13.6. The Morgan fingerprint density at radius 3 is 2.44 bits per heavy atom. The number of carbonyl (C=O) groups is 2. The minimum absolute atomic E-state index is 0.123. The van der Waals surface area contributed by atoms with E-state index in [2.05, 4.69) is 17.5 Å². The molecule has 0 bridgehead atoms. The van der Waals surface area contributed by atoms with E-state index in [4.69, 9.17) is 4.74 Å². The molecule has 4 heteroatoms. The Balaban J connectivity index is 2.58. The SMILES string of the molecule is CC(C)(C)OC(=O)N[C@H]1CC/C=C\CC[C@H]1C=O. The van der Waals surface area contributed by atoms with Crippen LogP contribution in [-0.2, 0) is 9.53 Å². The molecule has 0 spiro atoms. The van der Waals surface area contributed by atoms with Crippen LogP contribution in [0, 0.1) is 5.92 Å². The summed E-state index contributed by atoms with van der Waals surface area (Å²) in [6, 6.07) is -0.123. The summed E-state index contributed by atoms with van der Waals surface area (Å²) < 4.78 is 5.22. The molecule has 0 aromatic rings. The zero-order valence-corrected chi connectivity index (χ0v) is 11.4. The molecule has 0 unspecified atom stereocenters. The number of hydrogen-bond donors (Lipinski definition) is 1. The highest BCUT2D eigenvalue weighted by atomic mass is 16.6. The summed E-state index contributed by atoms with van der Waals surface area (Å²) in [5.74, 6) is -0.123. The fourth-order valence-corrected chi connectivity index (χ4v) is 2.02. The van der Waals surface area contributed by atoms with Gasteiger partial charge in [-0.05, 0) is 46.5 Å². The Kier molecular flexibility index (Phi) is 5.38. The second-order valence-corrected chi connectivity index (χ2v) is 5.68. The lowest BCUT2D eigenvalue weighted by atomic mass is 9.90. The summed E-state index contributed by atoms with van der Waals surface area (Å²) in [6.45, 7) is 5.47. The lowest BCUT2D eigenvalue weighted by Gasteiger charge is -2.27. The van der Waals surface area contributed by atoms with Gasteiger partial charge in [-0.2, -0.15) is 0 Å². The molecule has 1 aliphatic rings. The predicted octanol–water partition coefficient (Wildman–Crippen LogP) is 2.83. The van der Waals surface area contributed by atoms with Gasteiger partial charge in [0.05, 0.1) is 0 Å². The number of alkyl carbamates (subject to hydrolysis) is 1. The lowest BCUT2D eigenvalue weighted by Crippen LogP contribution is -2.43. The normalized spacial score (nSPS) is 26.6. The molecule has 0 fully saturated rings. The highest BCUT2D eigenvalue weighted by Gasteiger charge is 2.25. The molecule has 18 heavy (non-hydrogen) atoms. The molecular formula is C14H23NO3. The smallest absolute Gasteiger partial charge is 0.407 e. The molecule has 0 heterocycles. The number of ether oxygens (including phenoxy) is 1. The van der Waals surface area contributed by atoms with Gasteiger partial charge in [0, 0.05) is 12.0 Å². The van der Waals surface area contributed by atoms with Crippen LogP contribution in [0.25, 0.3) is 0 Å². The summed E-state index contributed by atoms with van der Waals surface area (Å²) in [6.07, 6.45) is 8.02. The highest BCUT2D eigenvalue weighted by molar-refractivity contribution is 5.69. The van der Waals surface area contributed by atoms with Crippen molar-refractivity contribution in [3.63, 3.8) is 0 Å². The van der Waals surface area contributed by atoms with Gasteiger partial charge in [-0.15, -0.1) is 0 Å². The summed E-state index contributed by atoms with van der Waals surface area (Å²) in [5.41, 5.74) is -0.512. The average Bonchev–Trinajstić information content (AvgIpc) is 2.20. The van der Waals surface area contributed by atoms with Crippen molar-refractivity contribution in [2.75, 3.05) is 0 Å². The molecule has 1 N–H and O–H groups in total. The van der Waals surface area contributed by atoms with Crippen LogP contribution in [0.1, 0.15) is 46.5 Å². The van der Waals surface area contributed by atoms with Crippen LogP contribution in [0.15, 0.2) is 12.2 Å². The van der Waals surface area contributed by atoms with Crippen LogP contribution >= 0.6 is 0 Å². The number of amides is 1. The summed E-state index contributed by atoms with van der Waals surface area (Å²) >= 11 is 0. The maximum atomic E-state index is 11.7. The fraction of sp³-hybridized carbons (Fsp3) is 0.714. The van der Waals surface area contributed by atoms with E-state index in [-0.39, 0.29) is 12.0 Å². The van der Waals surface area contributed by atoms with Crippen molar-refractivity contribution >= 4 is 12.4 Å². The summed E-state index contributed by atoms with van der Waals surface area (Å²) in [5, 5.41) is 2.82. The summed E-state index contributed by atoms with van der Waals surface area (Å²) in [7, 11) is 0. The molecule has 0 saturated carbocycles. The van der Waals surface area contributed by atoms with Crippen LogP contribution in [0.5, 0.6) is 0 Å². The number of rotatable bonds is 2. The van der Waals surface area contributed by atoms with E-state index in [9.17, 15) is 9.59 Å². The lowest BCUT2D eigenvalue weighted by molar-refractivity contribution is -0.112. The van der Waals surface area contributed by atoms with Crippen molar-refractivity contribution in [3.8, 4) is 0 Å². The van der Waals surface area contributed by atoms with Gasteiger partial charge >= 0.3 is 6.09 Å². The van der Waals surface area contributed by atoms with Gasteiger partial charge in [-0.1, -0.05) is 12.2 Å². The quantitative estimate of drug-likeness (QED) is 0.608. The second-order valence-electron chi connectivity index (χ2n) is 5.68. The Morgan fingerprint density at radius 1 is 1.28 bits per heavy atom. The first kappa shape index (κ1) is 14.7. The molecule has 0 aromatic carbocycles. The Bertz CT molecular complexity index is 317. The first-order valence-electron chi connectivity index (χ1n) is 6.52. The minimum Gasteiger partial charge on any atom is -0.444 e. The van der Waals surface area contributed by atoms with Gasteiger partial charge < -0.3 is 14.8 Å². The number of nitrogens with one attached hydrogen (secondary N) is 1. The van der Waals surface area contributed by atoms with Gasteiger partial charge in [0.25, 0.3) is 0 Å². The van der Waals surface area contributed by atoms with Crippen molar-refractivity contribution in [2.24, 2.45) is 5.92 Å². The largest absolute Gasteiger partial charge is 0.444 e. The van der Waals surface area contributed by atoms with Gasteiger partial charge in [0.2, 0.25) is 0 Å². The highest BCUT2D eigenvalue weighted by Crippen LogP contribution is 2.18. The molecule has 0 aromatic heterocycles. The van der Waals surface area contributed by atoms with Gasteiger partial charge in [-0.3, -0.25) is 0 Å². The van der Waals surface area contributed by atoms with Crippen LogP contribution < -0.4 is 5.32 Å². The number of carbonyl (C=O) groups excluding carboxylic acids is 2. The molecule has 0 aliphatic heterocycles. The van der Waals surface area contributed by atoms with E-state index in [0.29, 0.717) is 0 Å². The van der Waals surface area contributed by atoms with E-state index < -0.39 is 11.7 Å². The molecular weight excluding hydrogens is 230 g/mol. The Morgan fingerprint density at radius 2 is 1.89 bits per heavy atom. The molecule has 2 atom stereocenters. The van der Waals surface area contributed by atoms with E-state index in [1.165, 1.54) is 0 Å². The number of allylic oxidation sites excluding steroid dienone is 2. The molecule has 1 aliphatic carbocycles. The third-order valence-electron chi connectivity index (χ3n) is 2.87. The van der Waals surface area contributed by atoms with E-state index >= 15 is 0 Å². The van der Waals surface area contributed by atoms with Crippen LogP contribution in [-0.4, -0.2) is 24.0 Å². The van der Waals surface area contributed by atoms with E-state index in [1.807, 2.05) is 20.8 Å². The number of aldehydes is 1. The van der Waals surface area contributed by atoms with Crippen LogP contribution in [0.3, 0.4) is 0 Å². The van der Waals surface area contributed by atoms with Gasteiger partial charge in [0.1, 0.15) is 11.9 Å². The molecule has 1 rings (SSSR count). The Hall–Kier alpha value is -1.32. The molecule has 102 valence electrons. The maximum Gasteiger partial charge on any atom is 0.407 e. The van der Waals surface area contributed by atoms with Gasteiger partial charge in [-0.25, -0.2) is 4.79 Å². The molecule has 0 saturated heterocycles. The average molecular weight is 253 g/mol. The monoisotopic (exact) mass is 253 g/mol. The zero-order valence-electron chi connectivity index (χ0n) is 11.4.